The lowest BCUT2D eigenvalue weighted by Crippen LogP contribution is -2.41. The fourth-order valence-corrected chi connectivity index (χ4v) is 4.52. The van der Waals surface area contributed by atoms with Gasteiger partial charge in [0, 0.05) is 38.1 Å². The van der Waals surface area contributed by atoms with Crippen LogP contribution in [0.15, 0.2) is 42.5 Å². The molecule has 2 aliphatic heterocycles. The van der Waals surface area contributed by atoms with Gasteiger partial charge in [-0.25, -0.2) is 4.39 Å². The fraction of sp³-hybridized carbons (Fsp3) is 0.435. The molecule has 0 spiro atoms. The summed E-state index contributed by atoms with van der Waals surface area (Å²) in [5, 5.41) is 2.89. The number of amides is 1. The second-order valence-corrected chi connectivity index (χ2v) is 7.90. The molecule has 0 saturated carbocycles. The van der Waals surface area contributed by atoms with Gasteiger partial charge in [-0.3, -0.25) is 9.69 Å². The van der Waals surface area contributed by atoms with Crippen molar-refractivity contribution >= 4 is 17.3 Å². The molecule has 4 rings (SSSR count). The van der Waals surface area contributed by atoms with Gasteiger partial charge in [-0.15, -0.1) is 0 Å². The molecule has 6 heteroatoms. The van der Waals surface area contributed by atoms with Crippen molar-refractivity contribution in [3.63, 3.8) is 0 Å². The number of halogens is 1. The molecule has 1 saturated heterocycles. The number of benzene rings is 2. The average molecular weight is 397 g/mol. The van der Waals surface area contributed by atoms with E-state index in [0.29, 0.717) is 11.8 Å². The number of hydrogen-bond acceptors (Lipinski definition) is 4. The second kappa shape index (κ2) is 8.51. The van der Waals surface area contributed by atoms with Gasteiger partial charge in [0.05, 0.1) is 6.10 Å². The van der Waals surface area contributed by atoms with E-state index in [9.17, 15) is 9.18 Å². The lowest BCUT2D eigenvalue weighted by Gasteiger charge is -2.39. The van der Waals surface area contributed by atoms with Gasteiger partial charge in [-0.05, 0) is 61.7 Å². The van der Waals surface area contributed by atoms with E-state index in [4.69, 9.17) is 4.74 Å². The van der Waals surface area contributed by atoms with Crippen LogP contribution in [0.25, 0.3) is 0 Å². The lowest BCUT2D eigenvalue weighted by molar-refractivity contribution is -0.121. The number of methoxy groups -OCH3 is 1. The number of ether oxygens (including phenoxy) is 1. The van der Waals surface area contributed by atoms with Crippen LogP contribution in [0.5, 0.6) is 0 Å². The van der Waals surface area contributed by atoms with Crippen LogP contribution >= 0.6 is 0 Å². The molecular formula is C23H28FN3O2. The first-order valence-corrected chi connectivity index (χ1v) is 10.2. The molecule has 154 valence electrons. The summed E-state index contributed by atoms with van der Waals surface area (Å²) >= 11 is 0. The molecule has 0 aliphatic carbocycles. The van der Waals surface area contributed by atoms with Crippen LogP contribution in [-0.2, 0) is 16.0 Å². The van der Waals surface area contributed by atoms with Crippen molar-refractivity contribution < 1.29 is 13.9 Å². The molecule has 5 nitrogen and oxygen atoms in total. The molecular weight excluding hydrogens is 369 g/mol. The predicted molar refractivity (Wildman–Crippen MR) is 113 cm³/mol. The third-order valence-corrected chi connectivity index (χ3v) is 6.09. The zero-order chi connectivity index (χ0) is 20.4. The topological polar surface area (TPSA) is 44.8 Å². The van der Waals surface area contributed by atoms with Crippen LogP contribution in [0, 0.1) is 5.82 Å². The van der Waals surface area contributed by atoms with Crippen LogP contribution in [0.4, 0.5) is 15.8 Å². The van der Waals surface area contributed by atoms with E-state index in [1.54, 1.807) is 19.2 Å². The molecule has 0 bridgehead atoms. The highest BCUT2D eigenvalue weighted by molar-refractivity contribution is 5.96. The Balaban J connectivity index is 1.59. The van der Waals surface area contributed by atoms with E-state index in [2.05, 4.69) is 21.2 Å². The summed E-state index contributed by atoms with van der Waals surface area (Å²) < 4.78 is 19.0. The monoisotopic (exact) mass is 397 g/mol. The number of carbonyl (C=O) groups excluding carboxylic acids is 1. The molecule has 2 aromatic rings. The smallest absolute Gasteiger partial charge is 0.246 e. The summed E-state index contributed by atoms with van der Waals surface area (Å²) in [6, 6.07) is 11.9. The number of fused-ring (bicyclic) bond motifs is 1. The Labute approximate surface area is 171 Å². The summed E-state index contributed by atoms with van der Waals surface area (Å²) in [5.74, 6) is -0.490. The van der Waals surface area contributed by atoms with E-state index >= 15 is 0 Å². The quantitative estimate of drug-likeness (QED) is 0.856. The first-order valence-electron chi connectivity index (χ1n) is 10.2. The normalized spacial score (nSPS) is 20.4. The Hall–Kier alpha value is -2.44. The van der Waals surface area contributed by atoms with Crippen molar-refractivity contribution in [1.82, 2.24) is 4.90 Å². The Kier molecular flexibility index (Phi) is 5.83. The van der Waals surface area contributed by atoms with Gasteiger partial charge in [-0.2, -0.15) is 0 Å². The molecule has 2 aromatic carbocycles. The Morgan fingerprint density at radius 2 is 1.90 bits per heavy atom. The lowest BCUT2D eigenvalue weighted by atomic mass is 9.90. The van der Waals surface area contributed by atoms with Crippen molar-refractivity contribution in [1.29, 1.82) is 0 Å². The number of carbonyl (C=O) groups is 1. The van der Waals surface area contributed by atoms with E-state index < -0.39 is 6.04 Å². The van der Waals surface area contributed by atoms with Crippen molar-refractivity contribution in [3.8, 4) is 0 Å². The number of hydrogen-bond donors (Lipinski definition) is 1. The standard InChI is InChI=1S/C23H28FN3O2/c1-26-12-11-19-20(22(26)23(28)25-17-6-3-5-16(24)15-17)7-4-8-21(19)27-13-9-18(29-2)10-14-27/h3-8,15,18,22H,9-14H2,1-2H3,(H,25,28). The molecule has 2 heterocycles. The molecule has 1 atom stereocenters. The Morgan fingerprint density at radius 1 is 1.14 bits per heavy atom. The highest BCUT2D eigenvalue weighted by atomic mass is 19.1. The maximum Gasteiger partial charge on any atom is 0.246 e. The number of likely N-dealkylation sites (N-methyl/N-ethyl adjacent to an activating group) is 1. The average Bonchev–Trinajstić information content (AvgIpc) is 2.73. The summed E-state index contributed by atoms with van der Waals surface area (Å²) in [6.45, 7) is 2.73. The van der Waals surface area contributed by atoms with E-state index in [1.165, 1.54) is 23.4 Å². The number of rotatable bonds is 4. The molecule has 1 N–H and O–H groups in total. The minimum Gasteiger partial charge on any atom is -0.381 e. The first kappa shape index (κ1) is 19.9. The van der Waals surface area contributed by atoms with Crippen LogP contribution in [-0.4, -0.2) is 50.7 Å². The van der Waals surface area contributed by atoms with Gasteiger partial charge >= 0.3 is 0 Å². The minimum atomic E-state index is -0.390. The summed E-state index contributed by atoms with van der Waals surface area (Å²) in [4.78, 5) is 17.6. The predicted octanol–water partition coefficient (Wildman–Crippen LogP) is 3.61. The van der Waals surface area contributed by atoms with Gasteiger partial charge in [0.1, 0.15) is 11.9 Å². The maximum atomic E-state index is 13.5. The second-order valence-electron chi connectivity index (χ2n) is 7.90. The van der Waals surface area contributed by atoms with Gasteiger partial charge in [0.25, 0.3) is 0 Å². The Bertz CT molecular complexity index is 880. The maximum absolute atomic E-state index is 13.5. The van der Waals surface area contributed by atoms with E-state index in [0.717, 1.165) is 44.5 Å². The van der Waals surface area contributed by atoms with Crippen LogP contribution in [0.1, 0.15) is 30.0 Å². The summed E-state index contributed by atoms with van der Waals surface area (Å²) in [7, 11) is 3.75. The van der Waals surface area contributed by atoms with Crippen LogP contribution < -0.4 is 10.2 Å². The highest BCUT2D eigenvalue weighted by Gasteiger charge is 2.33. The van der Waals surface area contributed by atoms with Crippen molar-refractivity contribution in [2.75, 3.05) is 44.0 Å². The highest BCUT2D eigenvalue weighted by Crippen LogP contribution is 2.36. The zero-order valence-corrected chi connectivity index (χ0v) is 17.0. The number of nitrogens with zero attached hydrogens (tertiary/aromatic N) is 2. The number of nitrogens with one attached hydrogen (secondary N) is 1. The van der Waals surface area contributed by atoms with Gasteiger partial charge < -0.3 is 15.0 Å². The molecule has 0 radical (unpaired) electrons. The molecule has 0 aromatic heterocycles. The van der Waals surface area contributed by atoms with Gasteiger partial charge in [0.2, 0.25) is 5.91 Å². The minimum absolute atomic E-state index is 0.130. The summed E-state index contributed by atoms with van der Waals surface area (Å²) in [6.07, 6.45) is 3.28. The van der Waals surface area contributed by atoms with Crippen molar-refractivity contribution in [3.05, 3.63) is 59.4 Å². The SMILES string of the molecule is COC1CCN(c2cccc3c2CCN(C)C3C(=O)Nc2cccc(F)c2)CC1. The molecule has 1 fully saturated rings. The Morgan fingerprint density at radius 3 is 2.62 bits per heavy atom. The van der Waals surface area contributed by atoms with E-state index in [-0.39, 0.29) is 11.7 Å². The van der Waals surface area contributed by atoms with Crippen LogP contribution in [0.2, 0.25) is 0 Å². The van der Waals surface area contributed by atoms with Gasteiger partial charge in [-0.1, -0.05) is 18.2 Å². The first-order chi connectivity index (χ1) is 14.1. The molecule has 1 unspecified atom stereocenters. The third-order valence-electron chi connectivity index (χ3n) is 6.09. The molecule has 1 amide bonds. The molecule has 29 heavy (non-hydrogen) atoms. The van der Waals surface area contributed by atoms with Gasteiger partial charge in [0.15, 0.2) is 0 Å². The van der Waals surface area contributed by atoms with E-state index in [1.807, 2.05) is 19.2 Å². The van der Waals surface area contributed by atoms with Crippen molar-refractivity contribution in [2.45, 2.75) is 31.4 Å². The third kappa shape index (κ3) is 4.14. The largest absolute Gasteiger partial charge is 0.381 e. The summed E-state index contributed by atoms with van der Waals surface area (Å²) in [5.41, 5.74) is 4.00. The molecule has 2 aliphatic rings. The van der Waals surface area contributed by atoms with Crippen molar-refractivity contribution in [2.24, 2.45) is 0 Å². The number of piperidine rings is 1. The fourth-order valence-electron chi connectivity index (χ4n) is 4.52. The van der Waals surface area contributed by atoms with Crippen LogP contribution in [0.3, 0.4) is 0 Å². The zero-order valence-electron chi connectivity index (χ0n) is 17.0. The number of anilines is 2.